The molecule has 1 amide bonds. The molecule has 8 heteroatoms. The lowest BCUT2D eigenvalue weighted by Gasteiger charge is -2.33. The maximum absolute atomic E-state index is 12.2. The molecule has 2 aromatic rings. The summed E-state index contributed by atoms with van der Waals surface area (Å²) in [4.78, 5) is 18.9. The number of hydrogen-bond donors (Lipinski definition) is 2. The van der Waals surface area contributed by atoms with Crippen LogP contribution >= 0.6 is 36.2 Å². The van der Waals surface area contributed by atoms with Gasteiger partial charge in [0.1, 0.15) is 10.7 Å². The number of aromatic nitrogens is 1. The van der Waals surface area contributed by atoms with E-state index in [1.54, 1.807) is 5.38 Å². The van der Waals surface area contributed by atoms with Crippen LogP contribution in [0, 0.1) is 0 Å². The van der Waals surface area contributed by atoms with E-state index >= 15 is 0 Å². The Hall–Kier alpha value is -1.18. The van der Waals surface area contributed by atoms with E-state index in [2.05, 4.69) is 34.3 Å². The van der Waals surface area contributed by atoms with Crippen LogP contribution in [0.15, 0.2) is 29.6 Å². The molecular formula is C18H26Cl2N4OS. The Balaban J connectivity index is 0.00000169. The molecule has 1 aliphatic rings. The summed E-state index contributed by atoms with van der Waals surface area (Å²) in [6.07, 6.45) is 3.91. The van der Waals surface area contributed by atoms with Crippen LogP contribution in [-0.4, -0.2) is 28.4 Å². The number of likely N-dealkylation sites (tertiary alicyclic amines) is 1. The van der Waals surface area contributed by atoms with Gasteiger partial charge < -0.3 is 11.1 Å². The summed E-state index contributed by atoms with van der Waals surface area (Å²) in [6, 6.07) is 8.74. The molecule has 0 aliphatic carbocycles. The molecule has 144 valence electrons. The Labute approximate surface area is 171 Å². The maximum Gasteiger partial charge on any atom is 0.275 e. The number of benzene rings is 1. The van der Waals surface area contributed by atoms with Gasteiger partial charge in [0, 0.05) is 30.2 Å². The third-order valence-electron chi connectivity index (χ3n) is 4.50. The molecule has 0 bridgehead atoms. The van der Waals surface area contributed by atoms with Gasteiger partial charge in [0.05, 0.1) is 0 Å². The van der Waals surface area contributed by atoms with Crippen molar-refractivity contribution in [2.75, 3.05) is 11.9 Å². The number of nitrogens with one attached hydrogen (secondary N) is 1. The zero-order valence-electron chi connectivity index (χ0n) is 14.8. The van der Waals surface area contributed by atoms with Crippen molar-refractivity contribution in [2.45, 2.75) is 45.3 Å². The van der Waals surface area contributed by atoms with Gasteiger partial charge in [0.2, 0.25) is 0 Å². The number of amides is 1. The van der Waals surface area contributed by atoms with Gasteiger partial charge in [-0.2, -0.15) is 0 Å². The van der Waals surface area contributed by atoms with E-state index in [4.69, 9.17) is 5.73 Å². The summed E-state index contributed by atoms with van der Waals surface area (Å²) in [7, 11) is 0. The molecule has 3 rings (SSSR count). The first-order chi connectivity index (χ1) is 11.7. The minimum Gasteiger partial charge on any atom is -0.325 e. The number of hydrogen-bond acceptors (Lipinski definition) is 5. The first-order valence-electron chi connectivity index (χ1n) is 8.44. The molecule has 0 radical (unpaired) electrons. The molecule has 1 aliphatic heterocycles. The predicted molar refractivity (Wildman–Crippen MR) is 113 cm³/mol. The number of carbonyl (C=O) groups excluding carboxylic acids is 1. The smallest absolute Gasteiger partial charge is 0.275 e. The molecule has 5 nitrogen and oxygen atoms in total. The zero-order valence-corrected chi connectivity index (χ0v) is 17.3. The monoisotopic (exact) mass is 416 g/mol. The molecule has 1 unspecified atom stereocenters. The van der Waals surface area contributed by atoms with Crippen molar-refractivity contribution < 1.29 is 4.79 Å². The van der Waals surface area contributed by atoms with E-state index in [0.717, 1.165) is 17.2 Å². The number of nitrogens with zero attached hydrogens (tertiary/aromatic N) is 2. The minimum absolute atomic E-state index is 0. The molecule has 1 aromatic heterocycles. The minimum atomic E-state index is -0.191. The molecule has 1 aromatic carbocycles. The van der Waals surface area contributed by atoms with Crippen LogP contribution in [0.5, 0.6) is 0 Å². The van der Waals surface area contributed by atoms with Crippen LogP contribution in [-0.2, 0) is 13.1 Å². The fourth-order valence-electron chi connectivity index (χ4n) is 3.02. The Morgan fingerprint density at radius 1 is 1.31 bits per heavy atom. The van der Waals surface area contributed by atoms with Gasteiger partial charge in [-0.05, 0) is 44.0 Å². The summed E-state index contributed by atoms with van der Waals surface area (Å²) in [6.45, 7) is 4.81. The van der Waals surface area contributed by atoms with Crippen LogP contribution in [0.2, 0.25) is 0 Å². The van der Waals surface area contributed by atoms with Gasteiger partial charge in [-0.25, -0.2) is 4.98 Å². The Morgan fingerprint density at radius 2 is 2.04 bits per heavy atom. The summed E-state index contributed by atoms with van der Waals surface area (Å²) in [5.41, 5.74) is 8.02. The third kappa shape index (κ3) is 5.93. The fraction of sp³-hybridized carbons (Fsp3) is 0.444. The van der Waals surface area contributed by atoms with Crippen molar-refractivity contribution >= 4 is 47.7 Å². The second kappa shape index (κ2) is 10.8. The highest BCUT2D eigenvalue weighted by Gasteiger charge is 2.18. The number of anilines is 1. The van der Waals surface area contributed by atoms with Crippen molar-refractivity contribution in [3.05, 3.63) is 45.9 Å². The second-order valence-corrected chi connectivity index (χ2v) is 7.24. The van der Waals surface area contributed by atoms with Crippen molar-refractivity contribution in [3.8, 4) is 0 Å². The van der Waals surface area contributed by atoms with Crippen LogP contribution < -0.4 is 11.1 Å². The predicted octanol–water partition coefficient (Wildman–Crippen LogP) is 4.07. The van der Waals surface area contributed by atoms with Gasteiger partial charge in [0.25, 0.3) is 5.91 Å². The van der Waals surface area contributed by atoms with Crippen molar-refractivity contribution in [1.82, 2.24) is 9.88 Å². The molecule has 2 heterocycles. The Bertz CT molecular complexity index is 693. The molecule has 1 fully saturated rings. The normalized spacial score (nSPS) is 17.1. The van der Waals surface area contributed by atoms with E-state index in [-0.39, 0.29) is 30.7 Å². The highest BCUT2D eigenvalue weighted by Crippen LogP contribution is 2.20. The largest absolute Gasteiger partial charge is 0.325 e. The highest BCUT2D eigenvalue weighted by atomic mass is 35.5. The van der Waals surface area contributed by atoms with Gasteiger partial charge in [0.15, 0.2) is 0 Å². The summed E-state index contributed by atoms with van der Waals surface area (Å²) < 4.78 is 0. The summed E-state index contributed by atoms with van der Waals surface area (Å²) in [5, 5.41) is 5.40. The second-order valence-electron chi connectivity index (χ2n) is 6.30. The van der Waals surface area contributed by atoms with E-state index in [9.17, 15) is 4.79 Å². The number of halogens is 2. The number of thiazole rings is 1. The molecule has 3 N–H and O–H groups in total. The van der Waals surface area contributed by atoms with Gasteiger partial charge in [-0.1, -0.05) is 18.6 Å². The lowest BCUT2D eigenvalue weighted by atomic mass is 10.0. The average Bonchev–Trinajstić information content (AvgIpc) is 3.08. The van der Waals surface area contributed by atoms with Crippen molar-refractivity contribution in [2.24, 2.45) is 5.73 Å². The Kier molecular flexibility index (Phi) is 9.54. The number of rotatable bonds is 5. The first-order valence-corrected chi connectivity index (χ1v) is 9.32. The summed E-state index contributed by atoms with van der Waals surface area (Å²) >= 11 is 1.41. The Morgan fingerprint density at radius 3 is 2.65 bits per heavy atom. The first kappa shape index (κ1) is 22.9. The van der Waals surface area contributed by atoms with Crippen molar-refractivity contribution in [1.29, 1.82) is 0 Å². The van der Waals surface area contributed by atoms with E-state index in [1.807, 2.05) is 12.1 Å². The van der Waals surface area contributed by atoms with Gasteiger partial charge in [-0.15, -0.1) is 36.2 Å². The van der Waals surface area contributed by atoms with E-state index in [0.29, 0.717) is 18.3 Å². The topological polar surface area (TPSA) is 71.2 Å². The van der Waals surface area contributed by atoms with Crippen LogP contribution in [0.4, 0.5) is 5.69 Å². The van der Waals surface area contributed by atoms with Crippen LogP contribution in [0.3, 0.4) is 0 Å². The molecule has 26 heavy (non-hydrogen) atoms. The van der Waals surface area contributed by atoms with E-state index < -0.39 is 0 Å². The molecular weight excluding hydrogens is 391 g/mol. The number of carbonyl (C=O) groups is 1. The quantitative estimate of drug-likeness (QED) is 0.769. The summed E-state index contributed by atoms with van der Waals surface area (Å²) in [5.74, 6) is -0.191. The van der Waals surface area contributed by atoms with E-state index in [1.165, 1.54) is 42.7 Å². The fourth-order valence-corrected chi connectivity index (χ4v) is 3.68. The molecule has 1 saturated heterocycles. The van der Waals surface area contributed by atoms with Gasteiger partial charge >= 0.3 is 0 Å². The molecule has 0 spiro atoms. The highest BCUT2D eigenvalue weighted by molar-refractivity contribution is 7.09. The lowest BCUT2D eigenvalue weighted by molar-refractivity contribution is 0.102. The molecule has 0 saturated carbocycles. The van der Waals surface area contributed by atoms with Crippen LogP contribution in [0.25, 0.3) is 0 Å². The van der Waals surface area contributed by atoms with Crippen LogP contribution in [0.1, 0.15) is 47.2 Å². The average molecular weight is 417 g/mol. The standard InChI is InChI=1S/C18H24N4OS.2ClH/c1-13-4-2-3-9-22(13)11-14-5-7-15(8-6-14)20-18(23)16-12-24-17(10-19)21-16;;/h5-8,12-13H,2-4,9-11,19H2,1H3,(H,20,23);2*1H. The van der Waals surface area contributed by atoms with Crippen molar-refractivity contribution in [3.63, 3.8) is 0 Å². The lowest BCUT2D eigenvalue weighted by Crippen LogP contribution is -2.36. The SMILES string of the molecule is CC1CCCCN1Cc1ccc(NC(=O)c2csc(CN)n2)cc1.Cl.Cl. The number of nitrogens with two attached hydrogens (primary N) is 1. The maximum atomic E-state index is 12.2. The third-order valence-corrected chi connectivity index (χ3v) is 5.37. The molecule has 1 atom stereocenters. The number of piperidine rings is 1. The van der Waals surface area contributed by atoms with Gasteiger partial charge in [-0.3, -0.25) is 9.69 Å². The zero-order chi connectivity index (χ0) is 16.9.